The Morgan fingerprint density at radius 2 is 1.59 bits per heavy atom. The summed E-state index contributed by atoms with van der Waals surface area (Å²) < 4.78 is 17.7. The molecule has 0 aliphatic heterocycles. The molecule has 0 bridgehead atoms. The number of hydrogen-bond acceptors (Lipinski definition) is 6. The van der Waals surface area contributed by atoms with Crippen LogP contribution in [0.2, 0.25) is 0 Å². The summed E-state index contributed by atoms with van der Waals surface area (Å²) in [5.41, 5.74) is 0.431. The van der Waals surface area contributed by atoms with Gasteiger partial charge in [-0.05, 0) is 53.7 Å². The number of pyridine rings is 1. The number of amides is 2. The van der Waals surface area contributed by atoms with Crippen LogP contribution in [0.25, 0.3) is 11.4 Å². The van der Waals surface area contributed by atoms with Gasteiger partial charge in [0, 0.05) is 18.0 Å². The van der Waals surface area contributed by atoms with Gasteiger partial charge in [-0.2, -0.15) is 0 Å². The molecule has 0 atom stereocenters. The molecule has 8 heteroatoms. The number of carbonyl (C=O) groups is 2. The third-order valence-electron chi connectivity index (χ3n) is 3.62. The van der Waals surface area contributed by atoms with Crippen molar-refractivity contribution in [3.05, 3.63) is 42.4 Å². The number of fused-ring (bicyclic) bond motifs is 1. The molecule has 0 unspecified atom stereocenters. The second kappa shape index (κ2) is 8.14. The van der Waals surface area contributed by atoms with E-state index in [0.29, 0.717) is 17.1 Å². The summed E-state index contributed by atoms with van der Waals surface area (Å²) in [6, 6.07) is 3.63. The lowest BCUT2D eigenvalue weighted by Crippen LogP contribution is -2.43. The van der Waals surface area contributed by atoms with Crippen molar-refractivity contribution >= 4 is 23.6 Å². The van der Waals surface area contributed by atoms with Crippen LogP contribution in [-0.4, -0.2) is 44.8 Å². The Morgan fingerprint density at radius 3 is 2.07 bits per heavy atom. The minimum atomic E-state index is -0.794. The summed E-state index contributed by atoms with van der Waals surface area (Å²) in [6.45, 7) is 14.1. The highest BCUT2D eigenvalue weighted by atomic mass is 16.6. The molecule has 29 heavy (non-hydrogen) atoms. The topological polar surface area (TPSA) is 82.4 Å². The number of imide groups is 1. The van der Waals surface area contributed by atoms with E-state index in [1.807, 2.05) is 12.3 Å². The van der Waals surface area contributed by atoms with Gasteiger partial charge in [0.2, 0.25) is 0 Å². The van der Waals surface area contributed by atoms with Gasteiger partial charge >= 0.3 is 12.2 Å². The summed E-state index contributed by atoms with van der Waals surface area (Å²) >= 11 is 0. The first-order valence-electron chi connectivity index (χ1n) is 9.23. The fraction of sp³-hybridized carbons (Fsp3) is 0.476. The molecule has 2 aromatic rings. The van der Waals surface area contributed by atoms with E-state index >= 15 is 0 Å². The van der Waals surface area contributed by atoms with Crippen LogP contribution in [0.15, 0.2) is 31.1 Å². The lowest BCUT2D eigenvalue weighted by molar-refractivity contribution is -0.000454. The Balaban J connectivity index is 2.32. The maximum absolute atomic E-state index is 12.6. The molecule has 2 rings (SSSR count). The molecule has 0 aliphatic rings. The van der Waals surface area contributed by atoms with Crippen molar-refractivity contribution in [3.8, 4) is 0 Å². The molecule has 2 heterocycles. The lowest BCUT2D eigenvalue weighted by atomic mass is 10.2. The Labute approximate surface area is 171 Å². The van der Waals surface area contributed by atoms with Gasteiger partial charge < -0.3 is 18.6 Å². The third-order valence-corrected chi connectivity index (χ3v) is 3.62. The fourth-order valence-corrected chi connectivity index (χ4v) is 2.40. The van der Waals surface area contributed by atoms with Gasteiger partial charge in [0.25, 0.3) is 0 Å². The Kier molecular flexibility index (Phi) is 6.25. The summed E-state index contributed by atoms with van der Waals surface area (Å²) in [6.07, 6.45) is 1.95. The molecule has 0 radical (unpaired) electrons. The maximum atomic E-state index is 12.6. The van der Waals surface area contributed by atoms with Crippen molar-refractivity contribution < 1.29 is 23.8 Å². The van der Waals surface area contributed by atoms with E-state index in [9.17, 15) is 9.59 Å². The van der Waals surface area contributed by atoms with Gasteiger partial charge in [-0.1, -0.05) is 6.58 Å². The second-order valence-corrected chi connectivity index (χ2v) is 8.59. The average molecular weight is 403 g/mol. The Hall–Kier alpha value is -3.03. The van der Waals surface area contributed by atoms with Crippen LogP contribution in [-0.2, 0) is 20.8 Å². The predicted octanol–water partition coefficient (Wildman–Crippen LogP) is 4.62. The van der Waals surface area contributed by atoms with Crippen LogP contribution < -0.4 is 0 Å². The van der Waals surface area contributed by atoms with Crippen molar-refractivity contribution in [2.24, 2.45) is 0 Å². The largest absolute Gasteiger partial charge is 0.497 e. The molecule has 2 aromatic heterocycles. The van der Waals surface area contributed by atoms with Crippen molar-refractivity contribution in [3.63, 3.8) is 0 Å². The first-order chi connectivity index (χ1) is 13.3. The van der Waals surface area contributed by atoms with E-state index in [0.717, 1.165) is 10.5 Å². The number of nitrogens with zero attached hydrogens (tertiary/aromatic N) is 3. The monoisotopic (exact) mass is 403 g/mol. The highest BCUT2D eigenvalue weighted by Crippen LogP contribution is 2.19. The molecule has 0 saturated heterocycles. The predicted molar refractivity (Wildman–Crippen MR) is 109 cm³/mol. The molecule has 0 saturated carbocycles. The first-order valence-corrected chi connectivity index (χ1v) is 9.23. The summed E-state index contributed by atoms with van der Waals surface area (Å²) in [4.78, 5) is 30.6. The Bertz CT molecular complexity index is 891. The van der Waals surface area contributed by atoms with Crippen LogP contribution in [0, 0.1) is 0 Å². The molecule has 0 fully saturated rings. The van der Waals surface area contributed by atoms with Crippen molar-refractivity contribution in [1.29, 1.82) is 0 Å². The SMILES string of the molecule is C=C(OC)c1ccc2nc(CN(C(=O)OC(C)(C)C)C(=O)OC(C)(C)C)cn2c1. The van der Waals surface area contributed by atoms with Crippen LogP contribution in [0.5, 0.6) is 0 Å². The van der Waals surface area contributed by atoms with E-state index in [2.05, 4.69) is 11.6 Å². The highest BCUT2D eigenvalue weighted by Gasteiger charge is 2.31. The lowest BCUT2D eigenvalue weighted by Gasteiger charge is -2.28. The highest BCUT2D eigenvalue weighted by molar-refractivity contribution is 5.88. The quantitative estimate of drug-likeness (QED) is 0.693. The van der Waals surface area contributed by atoms with Gasteiger partial charge in [-0.3, -0.25) is 0 Å². The molecule has 0 aromatic carbocycles. The smallest absolute Gasteiger partial charge is 0.420 e. The standard InChI is InChI=1S/C21H29N3O5/c1-14(27-8)15-9-10-17-22-16(12-23(17)11-15)13-24(18(25)28-20(2,3)4)19(26)29-21(5,6)7/h9-12H,1,13H2,2-8H3. The van der Waals surface area contributed by atoms with E-state index in [-0.39, 0.29) is 6.54 Å². The van der Waals surface area contributed by atoms with Crippen LogP contribution in [0.4, 0.5) is 9.59 Å². The maximum Gasteiger partial charge on any atom is 0.420 e. The van der Waals surface area contributed by atoms with Gasteiger partial charge in [0.15, 0.2) is 0 Å². The fourth-order valence-electron chi connectivity index (χ4n) is 2.40. The normalized spacial score (nSPS) is 11.8. The van der Waals surface area contributed by atoms with Gasteiger partial charge in [0.05, 0.1) is 19.3 Å². The van der Waals surface area contributed by atoms with Crippen molar-refractivity contribution in [2.75, 3.05) is 7.11 Å². The summed E-state index contributed by atoms with van der Waals surface area (Å²) in [5, 5.41) is 0. The molecule has 0 N–H and O–H groups in total. The number of imidazole rings is 1. The molecule has 0 aliphatic carbocycles. The number of hydrogen-bond donors (Lipinski definition) is 0. The number of aromatic nitrogens is 2. The molecular weight excluding hydrogens is 374 g/mol. The summed E-state index contributed by atoms with van der Waals surface area (Å²) in [7, 11) is 1.55. The van der Waals surface area contributed by atoms with Crippen molar-refractivity contribution in [1.82, 2.24) is 14.3 Å². The molecule has 158 valence electrons. The van der Waals surface area contributed by atoms with Crippen molar-refractivity contribution in [2.45, 2.75) is 59.3 Å². The molecular formula is C21H29N3O5. The first kappa shape index (κ1) is 22.3. The number of carbonyl (C=O) groups excluding carboxylic acids is 2. The van der Waals surface area contributed by atoms with E-state index < -0.39 is 23.4 Å². The van der Waals surface area contributed by atoms with Gasteiger partial charge in [-0.25, -0.2) is 19.5 Å². The van der Waals surface area contributed by atoms with Gasteiger partial charge in [0.1, 0.15) is 22.6 Å². The van der Waals surface area contributed by atoms with Crippen LogP contribution in [0.1, 0.15) is 52.8 Å². The second-order valence-electron chi connectivity index (χ2n) is 8.59. The van der Waals surface area contributed by atoms with E-state index in [1.54, 1.807) is 65.3 Å². The molecule has 0 spiro atoms. The zero-order valence-corrected chi connectivity index (χ0v) is 18.1. The average Bonchev–Trinajstić information content (AvgIpc) is 2.97. The Morgan fingerprint density at radius 1 is 1.03 bits per heavy atom. The zero-order chi connectivity index (χ0) is 22.0. The number of ether oxygens (including phenoxy) is 3. The zero-order valence-electron chi connectivity index (χ0n) is 18.1. The third kappa shape index (κ3) is 6.23. The number of methoxy groups -OCH3 is 1. The minimum absolute atomic E-state index is 0.0912. The van der Waals surface area contributed by atoms with Gasteiger partial charge in [-0.15, -0.1) is 0 Å². The van der Waals surface area contributed by atoms with Crippen LogP contribution in [0.3, 0.4) is 0 Å². The number of rotatable bonds is 4. The summed E-state index contributed by atoms with van der Waals surface area (Å²) in [5.74, 6) is 0.520. The van der Waals surface area contributed by atoms with Crippen LogP contribution >= 0.6 is 0 Å². The van der Waals surface area contributed by atoms with E-state index in [4.69, 9.17) is 14.2 Å². The molecule has 8 nitrogen and oxygen atoms in total. The van der Waals surface area contributed by atoms with E-state index in [1.165, 1.54) is 0 Å². The minimum Gasteiger partial charge on any atom is -0.497 e. The molecule has 2 amide bonds.